The predicted octanol–water partition coefficient (Wildman–Crippen LogP) is 3.07. The zero-order valence-corrected chi connectivity index (χ0v) is 14.0. The Hall–Kier alpha value is -3.41. The van der Waals surface area contributed by atoms with Gasteiger partial charge in [0.1, 0.15) is 5.82 Å². The fourth-order valence-corrected chi connectivity index (χ4v) is 2.88. The van der Waals surface area contributed by atoms with Gasteiger partial charge in [-0.15, -0.1) is 0 Å². The second kappa shape index (κ2) is 6.24. The second-order valence-corrected chi connectivity index (χ2v) is 5.77. The van der Waals surface area contributed by atoms with Gasteiger partial charge >= 0.3 is 0 Å². The topological polar surface area (TPSA) is 101 Å². The number of nitrogens with one attached hydrogen (secondary N) is 2. The van der Waals surface area contributed by atoms with Crippen molar-refractivity contribution >= 4 is 28.5 Å². The van der Waals surface area contributed by atoms with Gasteiger partial charge in [-0.2, -0.15) is 0 Å². The Morgan fingerprint density at radius 1 is 1.28 bits per heavy atom. The maximum atomic E-state index is 11.7. The number of amides is 2. The first-order chi connectivity index (χ1) is 11.9. The van der Waals surface area contributed by atoms with Gasteiger partial charge in [0.05, 0.1) is 11.1 Å². The number of rotatable bonds is 4. The molecular formula is C19H18N4O2. The van der Waals surface area contributed by atoms with E-state index in [0.717, 1.165) is 27.8 Å². The maximum absolute atomic E-state index is 11.7. The third kappa shape index (κ3) is 2.89. The zero-order valence-electron chi connectivity index (χ0n) is 14.0. The number of hydrogen-bond acceptors (Lipinski definition) is 3. The fourth-order valence-electron chi connectivity index (χ4n) is 2.88. The summed E-state index contributed by atoms with van der Waals surface area (Å²) in [6.07, 6.45) is 2.81. The number of primary amides is 1. The molecule has 0 radical (unpaired) electrons. The van der Waals surface area contributed by atoms with Crippen molar-refractivity contribution < 1.29 is 9.59 Å². The van der Waals surface area contributed by atoms with E-state index in [1.54, 1.807) is 18.3 Å². The lowest BCUT2D eigenvalue weighted by Crippen LogP contribution is -2.11. The van der Waals surface area contributed by atoms with E-state index in [1.165, 1.54) is 6.08 Å². The summed E-state index contributed by atoms with van der Waals surface area (Å²) in [5.41, 5.74) is 10.5. The number of nitrogens with two attached hydrogens (primary N) is 1. The summed E-state index contributed by atoms with van der Waals surface area (Å²) in [7, 11) is 0. The van der Waals surface area contributed by atoms with Crippen molar-refractivity contribution in [2.45, 2.75) is 13.8 Å². The summed E-state index contributed by atoms with van der Waals surface area (Å²) in [4.78, 5) is 30.6. The van der Waals surface area contributed by atoms with Crippen molar-refractivity contribution in [2.24, 2.45) is 5.73 Å². The molecule has 0 aliphatic carbocycles. The van der Waals surface area contributed by atoms with Crippen LogP contribution in [0.25, 0.3) is 22.0 Å². The van der Waals surface area contributed by atoms with Crippen LogP contribution in [0, 0.1) is 13.8 Å². The van der Waals surface area contributed by atoms with Crippen LogP contribution in [0.1, 0.15) is 21.6 Å². The van der Waals surface area contributed by atoms with E-state index in [-0.39, 0.29) is 5.91 Å². The van der Waals surface area contributed by atoms with Gasteiger partial charge in [-0.3, -0.25) is 9.59 Å². The first-order valence-corrected chi connectivity index (χ1v) is 7.74. The number of fused-ring (bicyclic) bond motifs is 1. The highest BCUT2D eigenvalue weighted by Crippen LogP contribution is 2.34. The van der Waals surface area contributed by atoms with Gasteiger partial charge in [0.25, 0.3) is 5.91 Å². The standard InChI is InChI=1S/C19H18N4O2/c1-4-16(24)23-15-9-12(7-8-21-15)13-5-6-14(19(20)25)18-17(13)10(2)11(3)22-18/h4-9,22H,1H2,2-3H3,(H2,20,25)(H,21,23,24). The van der Waals surface area contributed by atoms with Crippen LogP contribution in [0.15, 0.2) is 43.1 Å². The molecule has 0 unspecified atom stereocenters. The largest absolute Gasteiger partial charge is 0.366 e. The van der Waals surface area contributed by atoms with Crippen LogP contribution in [0.3, 0.4) is 0 Å². The molecule has 2 heterocycles. The van der Waals surface area contributed by atoms with Crippen LogP contribution in [-0.4, -0.2) is 21.8 Å². The van der Waals surface area contributed by atoms with E-state index in [1.807, 2.05) is 26.0 Å². The van der Waals surface area contributed by atoms with Crippen molar-refractivity contribution in [3.05, 3.63) is 59.9 Å². The number of pyridine rings is 1. The number of benzene rings is 1. The van der Waals surface area contributed by atoms with E-state index in [4.69, 9.17) is 5.73 Å². The number of carbonyl (C=O) groups is 2. The summed E-state index contributed by atoms with van der Waals surface area (Å²) in [5.74, 6) is -0.376. The summed E-state index contributed by atoms with van der Waals surface area (Å²) < 4.78 is 0. The molecule has 3 rings (SSSR count). The molecule has 3 aromatic rings. The molecule has 1 aromatic carbocycles. The highest BCUT2D eigenvalue weighted by atomic mass is 16.1. The normalized spacial score (nSPS) is 10.6. The summed E-state index contributed by atoms with van der Waals surface area (Å²) >= 11 is 0. The Kier molecular flexibility index (Phi) is 4.10. The zero-order chi connectivity index (χ0) is 18.1. The molecule has 2 aromatic heterocycles. The molecular weight excluding hydrogens is 316 g/mol. The van der Waals surface area contributed by atoms with Gasteiger partial charge < -0.3 is 16.0 Å². The average Bonchev–Trinajstić information content (AvgIpc) is 2.89. The van der Waals surface area contributed by atoms with Crippen LogP contribution in [-0.2, 0) is 4.79 Å². The Morgan fingerprint density at radius 3 is 2.72 bits per heavy atom. The van der Waals surface area contributed by atoms with Gasteiger partial charge in [0, 0.05) is 17.3 Å². The van der Waals surface area contributed by atoms with Crippen molar-refractivity contribution in [1.82, 2.24) is 9.97 Å². The number of anilines is 1. The molecule has 0 saturated carbocycles. The smallest absolute Gasteiger partial charge is 0.250 e. The average molecular weight is 334 g/mol. The molecule has 2 amide bonds. The minimum atomic E-state index is -0.480. The molecule has 4 N–H and O–H groups in total. The van der Waals surface area contributed by atoms with Crippen molar-refractivity contribution in [3.63, 3.8) is 0 Å². The highest BCUT2D eigenvalue weighted by Gasteiger charge is 2.17. The molecule has 0 saturated heterocycles. The highest BCUT2D eigenvalue weighted by molar-refractivity contribution is 6.10. The van der Waals surface area contributed by atoms with Crippen molar-refractivity contribution in [3.8, 4) is 11.1 Å². The Morgan fingerprint density at radius 2 is 2.04 bits per heavy atom. The molecule has 6 nitrogen and oxygen atoms in total. The van der Waals surface area contributed by atoms with Crippen LogP contribution >= 0.6 is 0 Å². The van der Waals surface area contributed by atoms with E-state index >= 15 is 0 Å². The molecule has 0 bridgehead atoms. The van der Waals surface area contributed by atoms with Gasteiger partial charge in [0.15, 0.2) is 0 Å². The Labute approximate surface area is 144 Å². The minimum Gasteiger partial charge on any atom is -0.366 e. The van der Waals surface area contributed by atoms with E-state index in [9.17, 15) is 9.59 Å². The van der Waals surface area contributed by atoms with Crippen molar-refractivity contribution in [2.75, 3.05) is 5.32 Å². The van der Waals surface area contributed by atoms with Gasteiger partial charge in [-0.25, -0.2) is 4.98 Å². The predicted molar refractivity (Wildman–Crippen MR) is 98.3 cm³/mol. The summed E-state index contributed by atoms with van der Waals surface area (Å²) in [6, 6.07) is 7.20. The molecule has 6 heteroatoms. The Balaban J connectivity index is 2.21. The molecule has 0 atom stereocenters. The summed E-state index contributed by atoms with van der Waals surface area (Å²) in [5, 5.41) is 3.58. The number of aromatic amines is 1. The number of hydrogen-bond donors (Lipinski definition) is 3. The second-order valence-electron chi connectivity index (χ2n) is 5.77. The number of carbonyl (C=O) groups excluding carboxylic acids is 2. The summed E-state index contributed by atoms with van der Waals surface area (Å²) in [6.45, 7) is 7.37. The van der Waals surface area contributed by atoms with Crippen LogP contribution in [0.5, 0.6) is 0 Å². The quantitative estimate of drug-likeness (QED) is 0.639. The van der Waals surface area contributed by atoms with Crippen molar-refractivity contribution in [1.29, 1.82) is 0 Å². The number of H-pyrrole nitrogens is 1. The first-order valence-electron chi connectivity index (χ1n) is 7.74. The fraction of sp³-hybridized carbons (Fsp3) is 0.105. The maximum Gasteiger partial charge on any atom is 0.250 e. The lowest BCUT2D eigenvalue weighted by molar-refractivity contribution is -0.111. The number of nitrogens with zero attached hydrogens (tertiary/aromatic N) is 1. The molecule has 25 heavy (non-hydrogen) atoms. The molecule has 0 spiro atoms. The molecule has 126 valence electrons. The van der Waals surface area contributed by atoms with Gasteiger partial charge in [0.2, 0.25) is 5.91 Å². The third-order valence-electron chi connectivity index (χ3n) is 4.23. The number of aromatic nitrogens is 2. The van der Waals surface area contributed by atoms with Crippen LogP contribution in [0.4, 0.5) is 5.82 Å². The van der Waals surface area contributed by atoms with Crippen LogP contribution in [0.2, 0.25) is 0 Å². The van der Waals surface area contributed by atoms with E-state index < -0.39 is 5.91 Å². The lowest BCUT2D eigenvalue weighted by atomic mass is 9.97. The van der Waals surface area contributed by atoms with E-state index in [0.29, 0.717) is 16.9 Å². The van der Waals surface area contributed by atoms with Gasteiger partial charge in [-0.1, -0.05) is 12.6 Å². The first kappa shape index (κ1) is 16.4. The number of aryl methyl sites for hydroxylation is 2. The molecule has 0 aliphatic rings. The third-order valence-corrected chi connectivity index (χ3v) is 4.23. The SMILES string of the molecule is C=CC(=O)Nc1cc(-c2ccc(C(N)=O)c3[nH]c(C)c(C)c23)ccn1. The molecule has 0 fully saturated rings. The van der Waals surface area contributed by atoms with E-state index in [2.05, 4.69) is 21.9 Å². The van der Waals surface area contributed by atoms with Gasteiger partial charge in [-0.05, 0) is 54.8 Å². The van der Waals surface area contributed by atoms with Crippen LogP contribution < -0.4 is 11.1 Å². The lowest BCUT2D eigenvalue weighted by Gasteiger charge is -2.09. The molecule has 0 aliphatic heterocycles. The Bertz CT molecular complexity index is 1020. The monoisotopic (exact) mass is 334 g/mol. The minimum absolute atomic E-state index is 0.326.